The van der Waals surface area contributed by atoms with Crippen LogP contribution in [0.15, 0.2) is 0 Å². The van der Waals surface area contributed by atoms with Gasteiger partial charge in [0.2, 0.25) is 0 Å². The van der Waals surface area contributed by atoms with Gasteiger partial charge in [0.05, 0.1) is 0 Å². The lowest BCUT2D eigenvalue weighted by Crippen LogP contribution is -2.60. The number of rotatable bonds is 7. The lowest BCUT2D eigenvalue weighted by Gasteiger charge is -2.43. The van der Waals surface area contributed by atoms with Gasteiger partial charge in [0.15, 0.2) is 0 Å². The van der Waals surface area contributed by atoms with E-state index in [-0.39, 0.29) is 17.9 Å². The maximum absolute atomic E-state index is 12.8. The number of ether oxygens (including phenoxy) is 1. The molecule has 0 bridgehead atoms. The van der Waals surface area contributed by atoms with E-state index in [1.54, 1.807) is 4.90 Å². The summed E-state index contributed by atoms with van der Waals surface area (Å²) in [5, 5.41) is 10.1. The van der Waals surface area contributed by atoms with E-state index in [1.165, 1.54) is 0 Å². The molecule has 0 aromatic carbocycles. The second kappa shape index (κ2) is 7.10. The Morgan fingerprint density at radius 2 is 1.52 bits per heavy atom. The summed E-state index contributed by atoms with van der Waals surface area (Å²) < 4.78 is 5.54. The van der Waals surface area contributed by atoms with Crippen LogP contribution in [0.4, 0.5) is 4.79 Å². The molecule has 0 heterocycles. The van der Waals surface area contributed by atoms with Crippen molar-refractivity contribution in [3.8, 4) is 0 Å². The fourth-order valence-electron chi connectivity index (χ4n) is 3.23. The van der Waals surface area contributed by atoms with E-state index in [9.17, 15) is 14.7 Å². The molecule has 1 rings (SSSR count). The molecule has 23 heavy (non-hydrogen) atoms. The van der Waals surface area contributed by atoms with Gasteiger partial charge in [-0.15, -0.1) is 0 Å². The van der Waals surface area contributed by atoms with Gasteiger partial charge in [-0.05, 0) is 58.3 Å². The maximum Gasteiger partial charge on any atom is 0.411 e. The van der Waals surface area contributed by atoms with Crippen LogP contribution in [0.3, 0.4) is 0 Å². The molecule has 1 amide bonds. The van der Waals surface area contributed by atoms with E-state index in [0.717, 1.165) is 12.8 Å². The van der Waals surface area contributed by atoms with Gasteiger partial charge >= 0.3 is 12.1 Å². The molecule has 0 saturated heterocycles. The molecule has 1 N–H and O–H groups in total. The predicted molar refractivity (Wildman–Crippen MR) is 90.4 cm³/mol. The summed E-state index contributed by atoms with van der Waals surface area (Å²) in [5.74, 6) is -0.570. The third kappa shape index (κ3) is 5.40. The molecule has 0 radical (unpaired) electrons. The van der Waals surface area contributed by atoms with E-state index in [2.05, 4.69) is 0 Å². The fourth-order valence-corrected chi connectivity index (χ4v) is 3.23. The number of carboxylic acids is 1. The zero-order chi connectivity index (χ0) is 18.0. The van der Waals surface area contributed by atoms with Gasteiger partial charge in [0, 0.05) is 6.04 Å². The molecule has 1 saturated carbocycles. The molecule has 5 nitrogen and oxygen atoms in total. The summed E-state index contributed by atoms with van der Waals surface area (Å²) in [6.07, 6.45) is 2.09. The summed E-state index contributed by atoms with van der Waals surface area (Å²) in [6.45, 7) is 13.4. The van der Waals surface area contributed by atoms with E-state index in [0.29, 0.717) is 12.8 Å². The molecule has 0 aromatic rings. The smallest absolute Gasteiger partial charge is 0.411 e. The standard InChI is InChI=1S/C18H33NO4/c1-12(2)10-18(15(20)21,11-13(3)4)19(14-8-9-14)16(22)23-17(5,6)7/h12-14H,8-11H2,1-7H3,(H,20,21). The van der Waals surface area contributed by atoms with Crippen molar-refractivity contribution in [2.45, 2.75) is 91.3 Å². The summed E-state index contributed by atoms with van der Waals surface area (Å²) in [4.78, 5) is 26.6. The van der Waals surface area contributed by atoms with Crippen molar-refractivity contribution in [1.82, 2.24) is 4.90 Å². The lowest BCUT2D eigenvalue weighted by atomic mass is 9.80. The van der Waals surface area contributed by atoms with Crippen LogP contribution in [0.1, 0.15) is 74.1 Å². The molecule has 5 heteroatoms. The van der Waals surface area contributed by atoms with Crippen molar-refractivity contribution in [1.29, 1.82) is 0 Å². The third-order valence-corrected chi connectivity index (χ3v) is 3.85. The molecular weight excluding hydrogens is 294 g/mol. The third-order valence-electron chi connectivity index (χ3n) is 3.85. The number of hydrogen-bond donors (Lipinski definition) is 1. The average molecular weight is 327 g/mol. The zero-order valence-corrected chi connectivity index (χ0v) is 15.7. The highest BCUT2D eigenvalue weighted by Gasteiger charge is 2.53. The molecule has 0 aliphatic heterocycles. The van der Waals surface area contributed by atoms with Crippen molar-refractivity contribution in [3.63, 3.8) is 0 Å². The van der Waals surface area contributed by atoms with E-state index >= 15 is 0 Å². The minimum atomic E-state index is -1.19. The van der Waals surface area contributed by atoms with E-state index < -0.39 is 23.2 Å². The van der Waals surface area contributed by atoms with Crippen LogP contribution >= 0.6 is 0 Å². The fraction of sp³-hybridized carbons (Fsp3) is 0.889. The first-order chi connectivity index (χ1) is 10.4. The van der Waals surface area contributed by atoms with Crippen molar-refractivity contribution >= 4 is 12.1 Å². The first-order valence-electron chi connectivity index (χ1n) is 8.65. The summed E-state index contributed by atoms with van der Waals surface area (Å²) in [7, 11) is 0. The molecule has 1 aliphatic carbocycles. The van der Waals surface area contributed by atoms with Gasteiger partial charge in [-0.2, -0.15) is 0 Å². The summed E-state index contributed by atoms with van der Waals surface area (Å²) in [6, 6.07) is -0.0153. The molecular formula is C18H33NO4. The van der Waals surface area contributed by atoms with Crippen molar-refractivity contribution in [2.75, 3.05) is 0 Å². The minimum absolute atomic E-state index is 0.0153. The Bertz CT molecular complexity index is 423. The Labute approximate surface area is 140 Å². The van der Waals surface area contributed by atoms with Crippen LogP contribution < -0.4 is 0 Å². The number of carbonyl (C=O) groups excluding carboxylic acids is 1. The van der Waals surface area contributed by atoms with Gasteiger partial charge in [-0.3, -0.25) is 4.90 Å². The maximum atomic E-state index is 12.8. The first-order valence-corrected chi connectivity index (χ1v) is 8.65. The van der Waals surface area contributed by atoms with Crippen LogP contribution in [-0.4, -0.2) is 39.3 Å². The van der Waals surface area contributed by atoms with Crippen molar-refractivity contribution in [3.05, 3.63) is 0 Å². The zero-order valence-electron chi connectivity index (χ0n) is 15.7. The molecule has 0 aromatic heterocycles. The van der Waals surface area contributed by atoms with E-state index in [1.807, 2.05) is 48.5 Å². The van der Waals surface area contributed by atoms with E-state index in [4.69, 9.17) is 4.74 Å². The molecule has 134 valence electrons. The van der Waals surface area contributed by atoms with Crippen LogP contribution in [0.2, 0.25) is 0 Å². The van der Waals surface area contributed by atoms with Gasteiger partial charge in [-0.25, -0.2) is 9.59 Å². The number of nitrogens with zero attached hydrogens (tertiary/aromatic N) is 1. The second-order valence-corrected chi connectivity index (χ2v) is 8.61. The molecule has 1 aliphatic rings. The molecule has 0 atom stereocenters. The van der Waals surface area contributed by atoms with Crippen LogP contribution in [-0.2, 0) is 9.53 Å². The van der Waals surface area contributed by atoms with Gasteiger partial charge < -0.3 is 9.84 Å². The first kappa shape index (κ1) is 19.8. The minimum Gasteiger partial charge on any atom is -0.479 e. The molecule has 1 fully saturated rings. The van der Waals surface area contributed by atoms with Crippen molar-refractivity contribution in [2.24, 2.45) is 11.8 Å². The van der Waals surface area contributed by atoms with Crippen LogP contribution in [0, 0.1) is 11.8 Å². The highest BCUT2D eigenvalue weighted by Crippen LogP contribution is 2.41. The second-order valence-electron chi connectivity index (χ2n) is 8.61. The van der Waals surface area contributed by atoms with Crippen LogP contribution in [0.5, 0.6) is 0 Å². The number of amides is 1. The van der Waals surface area contributed by atoms with Crippen molar-refractivity contribution < 1.29 is 19.4 Å². The Morgan fingerprint density at radius 3 is 1.78 bits per heavy atom. The number of carboxylic acid groups (broad SMARTS) is 1. The number of aliphatic carboxylic acids is 1. The Morgan fingerprint density at radius 1 is 1.09 bits per heavy atom. The molecule has 0 spiro atoms. The highest BCUT2D eigenvalue weighted by molar-refractivity contribution is 5.85. The quantitative estimate of drug-likeness (QED) is 0.757. The largest absolute Gasteiger partial charge is 0.479 e. The average Bonchev–Trinajstić information content (AvgIpc) is 3.08. The SMILES string of the molecule is CC(C)CC(CC(C)C)(C(=O)O)N(C(=O)OC(C)(C)C)C1CC1. The van der Waals surface area contributed by atoms with Gasteiger partial charge in [0.25, 0.3) is 0 Å². The molecule has 0 unspecified atom stereocenters. The lowest BCUT2D eigenvalue weighted by molar-refractivity contribution is -0.154. The summed E-state index contributed by atoms with van der Waals surface area (Å²) >= 11 is 0. The Hall–Kier alpha value is -1.26. The topological polar surface area (TPSA) is 66.8 Å². The highest BCUT2D eigenvalue weighted by atomic mass is 16.6. The number of hydrogen-bond acceptors (Lipinski definition) is 3. The van der Waals surface area contributed by atoms with Crippen LogP contribution in [0.25, 0.3) is 0 Å². The monoisotopic (exact) mass is 327 g/mol. The predicted octanol–water partition coefficient (Wildman–Crippen LogP) is 4.30. The Kier molecular flexibility index (Phi) is 6.11. The van der Waals surface area contributed by atoms with Gasteiger partial charge in [0.1, 0.15) is 11.1 Å². The van der Waals surface area contributed by atoms with Gasteiger partial charge in [-0.1, -0.05) is 27.7 Å². The number of carbonyl (C=O) groups is 2. The normalized spacial score (nSPS) is 15.9. The Balaban J connectivity index is 3.26. The summed E-state index contributed by atoms with van der Waals surface area (Å²) in [5.41, 5.74) is -1.82.